The molecule has 0 saturated heterocycles. The number of pyridine rings is 2. The highest BCUT2D eigenvalue weighted by Crippen LogP contribution is 2.28. The maximum absolute atomic E-state index is 5.76. The Hall–Kier alpha value is -1.13. The summed E-state index contributed by atoms with van der Waals surface area (Å²) in [5.41, 5.74) is 0. The van der Waals surface area contributed by atoms with Crippen LogP contribution in [0.4, 0.5) is 0 Å². The van der Waals surface area contributed by atoms with Gasteiger partial charge in [0.15, 0.2) is 0 Å². The summed E-state index contributed by atoms with van der Waals surface area (Å²) < 4.78 is 6.19. The Morgan fingerprint density at radius 1 is 1.33 bits per heavy atom. The van der Waals surface area contributed by atoms with Crippen molar-refractivity contribution >= 4 is 27.5 Å². The van der Waals surface area contributed by atoms with E-state index in [1.807, 2.05) is 0 Å². The van der Waals surface area contributed by atoms with E-state index in [0.29, 0.717) is 21.1 Å². The van der Waals surface area contributed by atoms with Gasteiger partial charge < -0.3 is 4.74 Å². The molecule has 2 heterocycles. The SMILES string of the molecule is Clc1cnc(Oc2cccnc2)c(Br)c1. The van der Waals surface area contributed by atoms with E-state index in [9.17, 15) is 0 Å². The van der Waals surface area contributed by atoms with Crippen LogP contribution in [0.5, 0.6) is 11.6 Å². The molecule has 5 heteroatoms. The average Bonchev–Trinajstić information content (AvgIpc) is 2.24. The van der Waals surface area contributed by atoms with Gasteiger partial charge in [0, 0.05) is 12.4 Å². The third-order valence-electron chi connectivity index (χ3n) is 1.62. The molecule has 0 aromatic carbocycles. The molecule has 2 aromatic heterocycles. The van der Waals surface area contributed by atoms with E-state index in [2.05, 4.69) is 25.9 Å². The van der Waals surface area contributed by atoms with Crippen LogP contribution in [0.25, 0.3) is 0 Å². The van der Waals surface area contributed by atoms with Gasteiger partial charge in [-0.25, -0.2) is 4.98 Å². The number of halogens is 2. The van der Waals surface area contributed by atoms with Crippen LogP contribution in [-0.2, 0) is 0 Å². The first-order valence-electron chi connectivity index (χ1n) is 4.14. The third-order valence-corrected chi connectivity index (χ3v) is 2.40. The molecular weight excluding hydrogens is 279 g/mol. The van der Waals surface area contributed by atoms with Gasteiger partial charge in [0.1, 0.15) is 5.75 Å². The molecular formula is C10H6BrClN2O. The van der Waals surface area contributed by atoms with E-state index >= 15 is 0 Å². The first-order valence-corrected chi connectivity index (χ1v) is 5.32. The highest BCUT2D eigenvalue weighted by atomic mass is 79.9. The van der Waals surface area contributed by atoms with Crippen LogP contribution < -0.4 is 4.74 Å². The zero-order valence-electron chi connectivity index (χ0n) is 7.52. The number of rotatable bonds is 2. The fourth-order valence-electron chi connectivity index (χ4n) is 0.996. The highest BCUT2D eigenvalue weighted by Gasteiger charge is 2.04. The minimum atomic E-state index is 0.465. The van der Waals surface area contributed by atoms with Crippen molar-refractivity contribution in [3.63, 3.8) is 0 Å². The number of hydrogen-bond donors (Lipinski definition) is 0. The van der Waals surface area contributed by atoms with Gasteiger partial charge in [-0.05, 0) is 34.1 Å². The summed E-state index contributed by atoms with van der Waals surface area (Å²) in [6.45, 7) is 0. The molecule has 3 nitrogen and oxygen atoms in total. The average molecular weight is 286 g/mol. The molecule has 0 aliphatic carbocycles. The van der Waals surface area contributed by atoms with Crippen LogP contribution in [0.3, 0.4) is 0 Å². The molecule has 2 rings (SSSR count). The second-order valence-electron chi connectivity index (χ2n) is 2.73. The zero-order chi connectivity index (χ0) is 10.7. The van der Waals surface area contributed by atoms with Crippen molar-refractivity contribution in [3.8, 4) is 11.6 Å². The van der Waals surface area contributed by atoms with Crippen molar-refractivity contribution in [3.05, 3.63) is 46.3 Å². The zero-order valence-corrected chi connectivity index (χ0v) is 9.86. The van der Waals surface area contributed by atoms with Crippen molar-refractivity contribution in [2.24, 2.45) is 0 Å². The summed E-state index contributed by atoms with van der Waals surface area (Å²) in [5, 5.41) is 0.556. The van der Waals surface area contributed by atoms with Crippen molar-refractivity contribution in [1.29, 1.82) is 0 Å². The Bertz CT molecular complexity index is 464. The van der Waals surface area contributed by atoms with E-state index < -0.39 is 0 Å². The molecule has 0 bridgehead atoms. The molecule has 15 heavy (non-hydrogen) atoms. The fourth-order valence-corrected chi connectivity index (χ4v) is 1.72. The first kappa shape index (κ1) is 10.4. The number of hydrogen-bond acceptors (Lipinski definition) is 3. The van der Waals surface area contributed by atoms with Gasteiger partial charge >= 0.3 is 0 Å². The van der Waals surface area contributed by atoms with Gasteiger partial charge in [0.05, 0.1) is 15.7 Å². The van der Waals surface area contributed by atoms with Gasteiger partial charge in [-0.2, -0.15) is 0 Å². The molecule has 0 aliphatic rings. The Morgan fingerprint density at radius 2 is 2.20 bits per heavy atom. The second-order valence-corrected chi connectivity index (χ2v) is 4.02. The van der Waals surface area contributed by atoms with Gasteiger partial charge in [-0.15, -0.1) is 0 Å². The molecule has 0 unspecified atom stereocenters. The van der Waals surface area contributed by atoms with Crippen molar-refractivity contribution in [2.45, 2.75) is 0 Å². The summed E-state index contributed by atoms with van der Waals surface area (Å²) in [5.74, 6) is 1.10. The van der Waals surface area contributed by atoms with Crippen LogP contribution in [0, 0.1) is 0 Å². The van der Waals surface area contributed by atoms with E-state index in [1.54, 1.807) is 30.6 Å². The van der Waals surface area contributed by atoms with Crippen LogP contribution in [-0.4, -0.2) is 9.97 Å². The summed E-state index contributed by atoms with van der Waals surface area (Å²) in [7, 11) is 0. The van der Waals surface area contributed by atoms with Crippen LogP contribution in [0.15, 0.2) is 41.3 Å². The lowest BCUT2D eigenvalue weighted by Gasteiger charge is -2.05. The van der Waals surface area contributed by atoms with E-state index in [4.69, 9.17) is 16.3 Å². The third kappa shape index (κ3) is 2.67. The van der Waals surface area contributed by atoms with Crippen LogP contribution in [0.1, 0.15) is 0 Å². The van der Waals surface area contributed by atoms with Gasteiger partial charge in [0.2, 0.25) is 5.88 Å². The Morgan fingerprint density at radius 3 is 2.87 bits per heavy atom. The second kappa shape index (κ2) is 4.59. The predicted molar refractivity (Wildman–Crippen MR) is 61.3 cm³/mol. The van der Waals surface area contributed by atoms with Crippen molar-refractivity contribution in [1.82, 2.24) is 9.97 Å². The standard InChI is InChI=1S/C10H6BrClN2O/c11-9-4-7(12)5-14-10(9)15-8-2-1-3-13-6-8/h1-6H. The Labute approximate surface area is 100 Å². The molecule has 0 atom stereocenters. The first-order chi connectivity index (χ1) is 7.25. The molecule has 0 amide bonds. The monoisotopic (exact) mass is 284 g/mol. The fraction of sp³-hybridized carbons (Fsp3) is 0. The van der Waals surface area contributed by atoms with Gasteiger partial charge in [-0.3, -0.25) is 4.98 Å². The maximum atomic E-state index is 5.76. The minimum Gasteiger partial charge on any atom is -0.436 e. The highest BCUT2D eigenvalue weighted by molar-refractivity contribution is 9.10. The quantitative estimate of drug-likeness (QED) is 0.844. The number of nitrogens with zero attached hydrogens (tertiary/aromatic N) is 2. The summed E-state index contributed by atoms with van der Waals surface area (Å²) in [6.07, 6.45) is 4.82. The summed E-state index contributed by atoms with van der Waals surface area (Å²) in [4.78, 5) is 7.98. The van der Waals surface area contributed by atoms with Crippen LogP contribution >= 0.6 is 27.5 Å². The predicted octanol–water partition coefficient (Wildman–Crippen LogP) is 3.68. The van der Waals surface area contributed by atoms with Crippen LogP contribution in [0.2, 0.25) is 5.02 Å². The van der Waals surface area contributed by atoms with E-state index in [-0.39, 0.29) is 0 Å². The molecule has 0 aliphatic heterocycles. The minimum absolute atomic E-state index is 0.465. The van der Waals surface area contributed by atoms with Gasteiger partial charge in [-0.1, -0.05) is 11.6 Å². The molecule has 0 radical (unpaired) electrons. The normalized spacial score (nSPS) is 10.0. The number of ether oxygens (including phenoxy) is 1. The smallest absolute Gasteiger partial charge is 0.233 e. The molecule has 2 aromatic rings. The molecule has 76 valence electrons. The summed E-state index contributed by atoms with van der Waals surface area (Å²) in [6, 6.07) is 5.31. The Balaban J connectivity index is 2.25. The lowest BCUT2D eigenvalue weighted by molar-refractivity contribution is 0.457. The lowest BCUT2D eigenvalue weighted by Crippen LogP contribution is -1.89. The lowest BCUT2D eigenvalue weighted by atomic mass is 10.4. The van der Waals surface area contributed by atoms with Gasteiger partial charge in [0.25, 0.3) is 0 Å². The molecule has 0 saturated carbocycles. The molecule has 0 spiro atoms. The van der Waals surface area contributed by atoms with Crippen molar-refractivity contribution < 1.29 is 4.74 Å². The molecule has 0 fully saturated rings. The maximum Gasteiger partial charge on any atom is 0.233 e. The number of aromatic nitrogens is 2. The van der Waals surface area contributed by atoms with E-state index in [1.165, 1.54) is 6.20 Å². The van der Waals surface area contributed by atoms with E-state index in [0.717, 1.165) is 0 Å². The topological polar surface area (TPSA) is 35.0 Å². The molecule has 0 N–H and O–H groups in total. The van der Waals surface area contributed by atoms with Crippen molar-refractivity contribution in [2.75, 3.05) is 0 Å². The Kier molecular flexibility index (Phi) is 3.18. The summed E-state index contributed by atoms with van der Waals surface area (Å²) >= 11 is 9.07. The largest absolute Gasteiger partial charge is 0.436 e.